The lowest BCUT2D eigenvalue weighted by Crippen LogP contribution is -2.28. The number of hydrogen-bond donors (Lipinski definition) is 2. The van der Waals surface area contributed by atoms with Gasteiger partial charge in [-0.1, -0.05) is 41.4 Å². The molecule has 0 heterocycles. The van der Waals surface area contributed by atoms with Gasteiger partial charge in [0.05, 0.1) is 11.1 Å². The van der Waals surface area contributed by atoms with Gasteiger partial charge in [0, 0.05) is 12.1 Å². The molecule has 110 valence electrons. The van der Waals surface area contributed by atoms with E-state index in [2.05, 4.69) is 5.32 Å². The largest absolute Gasteiger partial charge is 0.387 e. The summed E-state index contributed by atoms with van der Waals surface area (Å²) >= 11 is 5.56. The van der Waals surface area contributed by atoms with Crippen LogP contribution in [0.2, 0.25) is 5.02 Å². The highest BCUT2D eigenvalue weighted by molar-refractivity contribution is 6.30. The van der Waals surface area contributed by atoms with Crippen molar-refractivity contribution in [1.82, 2.24) is 5.32 Å². The first-order valence-corrected chi connectivity index (χ1v) is 6.83. The number of nitrogens with one attached hydrogen (secondary N) is 1. The standard InChI is InChI=1S/C16H15ClFNO2/c1-10-3-2-4-11(7-10)15(20)9-19-16(21)12-5-6-13(17)14(18)8-12/h2-8,15,20H,9H2,1H3,(H,19,21). The highest BCUT2D eigenvalue weighted by Crippen LogP contribution is 2.16. The lowest BCUT2D eigenvalue weighted by molar-refractivity contribution is 0.0916. The summed E-state index contributed by atoms with van der Waals surface area (Å²) in [4.78, 5) is 11.9. The van der Waals surface area contributed by atoms with E-state index in [1.807, 2.05) is 25.1 Å². The second-order valence-corrected chi connectivity index (χ2v) is 5.18. The van der Waals surface area contributed by atoms with Gasteiger partial charge in [-0.15, -0.1) is 0 Å². The van der Waals surface area contributed by atoms with Gasteiger partial charge < -0.3 is 10.4 Å². The summed E-state index contributed by atoms with van der Waals surface area (Å²) in [5, 5.41) is 12.6. The molecule has 2 aromatic rings. The molecule has 0 saturated heterocycles. The number of carbonyl (C=O) groups is 1. The van der Waals surface area contributed by atoms with E-state index in [0.717, 1.165) is 17.2 Å². The first kappa shape index (κ1) is 15.5. The van der Waals surface area contributed by atoms with Crippen LogP contribution >= 0.6 is 11.6 Å². The van der Waals surface area contributed by atoms with Crippen LogP contribution in [0.25, 0.3) is 0 Å². The fourth-order valence-electron chi connectivity index (χ4n) is 1.92. The number of aliphatic hydroxyl groups is 1. The number of rotatable bonds is 4. The first-order valence-electron chi connectivity index (χ1n) is 6.45. The highest BCUT2D eigenvalue weighted by Gasteiger charge is 2.12. The molecule has 1 unspecified atom stereocenters. The zero-order valence-electron chi connectivity index (χ0n) is 11.4. The summed E-state index contributed by atoms with van der Waals surface area (Å²) in [6.45, 7) is 1.97. The minimum Gasteiger partial charge on any atom is -0.387 e. The Kier molecular flexibility index (Phi) is 4.94. The minimum absolute atomic E-state index is 0.0358. The SMILES string of the molecule is Cc1cccc(C(O)CNC(=O)c2ccc(Cl)c(F)c2)c1. The Morgan fingerprint density at radius 3 is 2.76 bits per heavy atom. The van der Waals surface area contributed by atoms with Crippen molar-refractivity contribution in [2.45, 2.75) is 13.0 Å². The average molecular weight is 308 g/mol. The van der Waals surface area contributed by atoms with Gasteiger partial charge >= 0.3 is 0 Å². The molecule has 0 aliphatic rings. The molecule has 0 spiro atoms. The Hall–Kier alpha value is -1.91. The van der Waals surface area contributed by atoms with Gasteiger partial charge in [0.15, 0.2) is 0 Å². The quantitative estimate of drug-likeness (QED) is 0.911. The summed E-state index contributed by atoms with van der Waals surface area (Å²) < 4.78 is 13.3. The average Bonchev–Trinajstić information content (AvgIpc) is 2.47. The molecule has 0 aromatic heterocycles. The second-order valence-electron chi connectivity index (χ2n) is 4.77. The summed E-state index contributed by atoms with van der Waals surface area (Å²) in [7, 11) is 0. The molecule has 21 heavy (non-hydrogen) atoms. The molecule has 5 heteroatoms. The van der Waals surface area contributed by atoms with Crippen LogP contribution in [-0.4, -0.2) is 17.6 Å². The van der Waals surface area contributed by atoms with Gasteiger partial charge in [0.2, 0.25) is 0 Å². The van der Waals surface area contributed by atoms with Crippen LogP contribution in [0.15, 0.2) is 42.5 Å². The first-order chi connectivity index (χ1) is 9.97. The van der Waals surface area contributed by atoms with Crippen molar-refractivity contribution in [3.05, 3.63) is 70.0 Å². The summed E-state index contributed by atoms with van der Waals surface area (Å²) in [5.41, 5.74) is 1.91. The van der Waals surface area contributed by atoms with Gasteiger partial charge in [-0.3, -0.25) is 4.79 Å². The zero-order chi connectivity index (χ0) is 15.4. The van der Waals surface area contributed by atoms with Gasteiger partial charge in [0.25, 0.3) is 5.91 Å². The van der Waals surface area contributed by atoms with E-state index in [9.17, 15) is 14.3 Å². The third kappa shape index (κ3) is 4.03. The Morgan fingerprint density at radius 2 is 2.10 bits per heavy atom. The predicted molar refractivity (Wildman–Crippen MR) is 79.9 cm³/mol. The van der Waals surface area contributed by atoms with Crippen LogP contribution in [0.5, 0.6) is 0 Å². The van der Waals surface area contributed by atoms with Gasteiger partial charge in [0.1, 0.15) is 5.82 Å². The normalized spacial score (nSPS) is 12.0. The van der Waals surface area contributed by atoms with E-state index in [1.165, 1.54) is 12.1 Å². The number of amides is 1. The van der Waals surface area contributed by atoms with E-state index in [0.29, 0.717) is 0 Å². The Labute approximate surface area is 127 Å². The third-order valence-corrected chi connectivity index (χ3v) is 3.37. The van der Waals surface area contributed by atoms with E-state index >= 15 is 0 Å². The van der Waals surface area contributed by atoms with Crippen LogP contribution < -0.4 is 5.32 Å². The smallest absolute Gasteiger partial charge is 0.251 e. The molecular formula is C16H15ClFNO2. The van der Waals surface area contributed by atoms with Crippen molar-refractivity contribution in [2.24, 2.45) is 0 Å². The lowest BCUT2D eigenvalue weighted by atomic mass is 10.1. The molecule has 2 N–H and O–H groups in total. The molecule has 0 saturated carbocycles. The highest BCUT2D eigenvalue weighted by atomic mass is 35.5. The molecular weight excluding hydrogens is 293 g/mol. The zero-order valence-corrected chi connectivity index (χ0v) is 12.2. The van der Waals surface area contributed by atoms with Gasteiger partial charge in [-0.2, -0.15) is 0 Å². The Balaban J connectivity index is 1.99. The topological polar surface area (TPSA) is 49.3 Å². The number of halogens is 2. The molecule has 3 nitrogen and oxygen atoms in total. The molecule has 1 amide bonds. The maximum absolute atomic E-state index is 13.3. The fourth-order valence-corrected chi connectivity index (χ4v) is 2.04. The van der Waals surface area contributed by atoms with Crippen molar-refractivity contribution in [1.29, 1.82) is 0 Å². The van der Waals surface area contributed by atoms with Crippen LogP contribution in [0.3, 0.4) is 0 Å². The molecule has 0 fully saturated rings. The van der Waals surface area contributed by atoms with Crippen LogP contribution in [0.1, 0.15) is 27.6 Å². The number of aryl methyl sites for hydroxylation is 1. The molecule has 2 aromatic carbocycles. The van der Waals surface area contributed by atoms with Crippen LogP contribution in [0.4, 0.5) is 4.39 Å². The Morgan fingerprint density at radius 1 is 1.33 bits per heavy atom. The van der Waals surface area contributed by atoms with E-state index in [1.54, 1.807) is 6.07 Å². The van der Waals surface area contributed by atoms with Crippen molar-refractivity contribution >= 4 is 17.5 Å². The maximum Gasteiger partial charge on any atom is 0.251 e. The Bertz CT molecular complexity index is 660. The molecule has 0 radical (unpaired) electrons. The molecule has 1 atom stereocenters. The molecule has 0 bridgehead atoms. The second kappa shape index (κ2) is 6.70. The maximum atomic E-state index is 13.3. The number of hydrogen-bond acceptors (Lipinski definition) is 2. The van der Waals surface area contributed by atoms with E-state index in [-0.39, 0.29) is 17.1 Å². The summed E-state index contributed by atoms with van der Waals surface area (Å²) in [6.07, 6.45) is -0.814. The van der Waals surface area contributed by atoms with E-state index < -0.39 is 17.8 Å². The molecule has 2 rings (SSSR count). The predicted octanol–water partition coefficient (Wildman–Crippen LogP) is 3.25. The van der Waals surface area contributed by atoms with Gasteiger partial charge in [-0.05, 0) is 30.7 Å². The monoisotopic (exact) mass is 307 g/mol. The number of aliphatic hydroxyl groups excluding tert-OH is 1. The molecule has 0 aliphatic heterocycles. The molecule has 0 aliphatic carbocycles. The van der Waals surface area contributed by atoms with Crippen molar-refractivity contribution in [3.8, 4) is 0 Å². The summed E-state index contributed by atoms with van der Waals surface area (Å²) in [6, 6.07) is 11.2. The fraction of sp³-hybridized carbons (Fsp3) is 0.188. The number of benzene rings is 2. The van der Waals surface area contributed by atoms with Crippen LogP contribution in [-0.2, 0) is 0 Å². The van der Waals surface area contributed by atoms with Crippen molar-refractivity contribution < 1.29 is 14.3 Å². The van der Waals surface area contributed by atoms with Gasteiger partial charge in [-0.25, -0.2) is 4.39 Å². The third-order valence-electron chi connectivity index (χ3n) is 3.06. The van der Waals surface area contributed by atoms with Crippen LogP contribution in [0, 0.1) is 12.7 Å². The van der Waals surface area contributed by atoms with Crippen molar-refractivity contribution in [2.75, 3.05) is 6.54 Å². The summed E-state index contributed by atoms with van der Waals surface area (Å²) in [5.74, 6) is -1.11. The lowest BCUT2D eigenvalue weighted by Gasteiger charge is -2.13. The number of carbonyl (C=O) groups excluding carboxylic acids is 1. The van der Waals surface area contributed by atoms with E-state index in [4.69, 9.17) is 11.6 Å². The van der Waals surface area contributed by atoms with Crippen molar-refractivity contribution in [3.63, 3.8) is 0 Å². The minimum atomic E-state index is -0.814.